The number of anilines is 1. The molecule has 1 N–H and O–H groups in total. The quantitative estimate of drug-likeness (QED) is 0.726. The molecule has 1 aliphatic heterocycles. The second-order valence-corrected chi connectivity index (χ2v) is 5.79. The van der Waals surface area contributed by atoms with Gasteiger partial charge in [-0.25, -0.2) is 9.97 Å². The molecule has 86 valence electrons. The number of carbonyl (C=O) groups excluding carboxylic acids is 1. The van der Waals surface area contributed by atoms with E-state index in [1.165, 1.54) is 0 Å². The van der Waals surface area contributed by atoms with Gasteiger partial charge >= 0.3 is 0 Å². The van der Waals surface area contributed by atoms with Gasteiger partial charge in [0.25, 0.3) is 0 Å². The second kappa shape index (κ2) is 3.03. The molecular formula is C12H17N3O. The summed E-state index contributed by atoms with van der Waals surface area (Å²) < 4.78 is 0. The van der Waals surface area contributed by atoms with Crippen molar-refractivity contribution in [2.75, 3.05) is 5.32 Å². The maximum Gasteiger partial charge on any atom is 0.235 e. The number of nitrogens with one attached hydrogen (secondary N) is 1. The number of hydrogen-bond donors (Lipinski definition) is 1. The van der Waals surface area contributed by atoms with Crippen molar-refractivity contribution in [1.82, 2.24) is 9.97 Å². The maximum atomic E-state index is 11.7. The minimum absolute atomic E-state index is 0.0112. The third-order valence-corrected chi connectivity index (χ3v) is 2.93. The highest BCUT2D eigenvalue weighted by Crippen LogP contribution is 2.36. The van der Waals surface area contributed by atoms with Crippen molar-refractivity contribution < 1.29 is 4.79 Å². The summed E-state index contributed by atoms with van der Waals surface area (Å²) in [6.07, 6.45) is 1.76. The molecule has 0 radical (unpaired) electrons. The van der Waals surface area contributed by atoms with E-state index < -0.39 is 5.41 Å². The number of hydrogen-bond acceptors (Lipinski definition) is 3. The fourth-order valence-electron chi connectivity index (χ4n) is 1.68. The summed E-state index contributed by atoms with van der Waals surface area (Å²) >= 11 is 0. The van der Waals surface area contributed by atoms with Gasteiger partial charge < -0.3 is 5.32 Å². The van der Waals surface area contributed by atoms with E-state index in [4.69, 9.17) is 0 Å². The van der Waals surface area contributed by atoms with Crippen LogP contribution in [0.5, 0.6) is 0 Å². The molecule has 1 amide bonds. The van der Waals surface area contributed by atoms with Crippen LogP contribution in [0.3, 0.4) is 0 Å². The Kier molecular flexibility index (Phi) is 2.09. The average molecular weight is 219 g/mol. The van der Waals surface area contributed by atoms with E-state index >= 15 is 0 Å². The number of carbonyl (C=O) groups is 1. The topological polar surface area (TPSA) is 54.9 Å². The van der Waals surface area contributed by atoms with E-state index in [-0.39, 0.29) is 11.3 Å². The molecule has 0 atom stereocenters. The molecule has 0 fully saturated rings. The molecule has 1 aliphatic rings. The summed E-state index contributed by atoms with van der Waals surface area (Å²) in [5, 5.41) is 2.81. The van der Waals surface area contributed by atoms with Crippen molar-refractivity contribution in [3.8, 4) is 0 Å². The number of aromatic nitrogens is 2. The fraction of sp³-hybridized carbons (Fsp3) is 0.583. The van der Waals surface area contributed by atoms with Gasteiger partial charge in [-0.2, -0.15) is 0 Å². The third kappa shape index (κ3) is 1.49. The highest BCUT2D eigenvalue weighted by Gasteiger charge is 2.40. The molecule has 0 spiro atoms. The normalized spacial score (nSPS) is 18.2. The van der Waals surface area contributed by atoms with Crippen LogP contribution in [-0.2, 0) is 15.6 Å². The average Bonchev–Trinajstić information content (AvgIpc) is 2.36. The van der Waals surface area contributed by atoms with Crippen LogP contribution >= 0.6 is 0 Å². The lowest BCUT2D eigenvalue weighted by Crippen LogP contribution is -2.26. The first-order chi connectivity index (χ1) is 7.23. The lowest BCUT2D eigenvalue weighted by Gasteiger charge is -2.18. The number of amides is 1. The fourth-order valence-corrected chi connectivity index (χ4v) is 1.68. The van der Waals surface area contributed by atoms with Crippen LogP contribution in [0, 0.1) is 0 Å². The van der Waals surface area contributed by atoms with Crippen LogP contribution in [0.15, 0.2) is 6.20 Å². The van der Waals surface area contributed by atoms with Crippen LogP contribution < -0.4 is 5.32 Å². The van der Waals surface area contributed by atoms with Crippen molar-refractivity contribution in [3.63, 3.8) is 0 Å². The van der Waals surface area contributed by atoms with Gasteiger partial charge in [0.05, 0.1) is 5.41 Å². The molecule has 0 unspecified atom stereocenters. The minimum Gasteiger partial charge on any atom is -0.310 e. The molecule has 0 saturated carbocycles. The zero-order chi connectivity index (χ0) is 12.1. The lowest BCUT2D eigenvalue weighted by molar-refractivity contribution is -0.119. The van der Waals surface area contributed by atoms with Crippen molar-refractivity contribution in [2.24, 2.45) is 0 Å². The summed E-state index contributed by atoms with van der Waals surface area (Å²) in [4.78, 5) is 20.5. The molecule has 4 nitrogen and oxygen atoms in total. The molecule has 2 rings (SSSR count). The van der Waals surface area contributed by atoms with Gasteiger partial charge in [-0.1, -0.05) is 20.8 Å². The van der Waals surface area contributed by atoms with E-state index in [1.807, 2.05) is 13.8 Å². The molecule has 1 aromatic rings. The zero-order valence-electron chi connectivity index (χ0n) is 10.4. The SMILES string of the molecule is CC(C)(C)c1ncc2c(n1)NC(=O)C2(C)C. The first-order valence-electron chi connectivity index (χ1n) is 5.42. The molecule has 0 bridgehead atoms. The van der Waals surface area contributed by atoms with Crippen molar-refractivity contribution >= 4 is 11.7 Å². The van der Waals surface area contributed by atoms with E-state index in [0.29, 0.717) is 5.82 Å². The van der Waals surface area contributed by atoms with Gasteiger partial charge in [0.2, 0.25) is 5.91 Å². The first-order valence-corrected chi connectivity index (χ1v) is 5.42. The second-order valence-electron chi connectivity index (χ2n) is 5.79. The Morgan fingerprint density at radius 2 is 1.94 bits per heavy atom. The van der Waals surface area contributed by atoms with E-state index in [9.17, 15) is 4.79 Å². The largest absolute Gasteiger partial charge is 0.310 e. The van der Waals surface area contributed by atoms with Gasteiger partial charge in [0.15, 0.2) is 0 Å². The highest BCUT2D eigenvalue weighted by molar-refractivity contribution is 6.04. The Labute approximate surface area is 95.5 Å². The van der Waals surface area contributed by atoms with Crippen molar-refractivity contribution in [2.45, 2.75) is 45.4 Å². The molecular weight excluding hydrogens is 202 g/mol. The van der Waals surface area contributed by atoms with Gasteiger partial charge in [-0.15, -0.1) is 0 Å². The standard InChI is InChI=1S/C12H17N3O/c1-11(2,3)9-13-6-7-8(14-9)15-10(16)12(7,4)5/h6H,1-5H3,(H,13,14,15,16). The monoisotopic (exact) mass is 219 g/mol. The third-order valence-electron chi connectivity index (χ3n) is 2.93. The summed E-state index contributed by atoms with van der Waals surface area (Å²) in [7, 11) is 0. The van der Waals surface area contributed by atoms with Crippen LogP contribution in [0.25, 0.3) is 0 Å². The Morgan fingerprint density at radius 1 is 1.31 bits per heavy atom. The smallest absolute Gasteiger partial charge is 0.235 e. The van der Waals surface area contributed by atoms with Gasteiger partial charge in [-0.05, 0) is 13.8 Å². The first kappa shape index (κ1) is 11.0. The summed E-state index contributed by atoms with van der Waals surface area (Å²) in [5.74, 6) is 1.40. The molecule has 0 aromatic carbocycles. The van der Waals surface area contributed by atoms with Gasteiger partial charge in [0, 0.05) is 17.2 Å². The maximum absolute atomic E-state index is 11.7. The molecule has 0 saturated heterocycles. The predicted octanol–water partition coefficient (Wildman–Crippen LogP) is 2.00. The van der Waals surface area contributed by atoms with E-state index in [0.717, 1.165) is 11.4 Å². The summed E-state index contributed by atoms with van der Waals surface area (Å²) in [6.45, 7) is 9.92. The van der Waals surface area contributed by atoms with E-state index in [2.05, 4.69) is 36.1 Å². The van der Waals surface area contributed by atoms with Gasteiger partial charge in [0.1, 0.15) is 11.6 Å². The van der Waals surface area contributed by atoms with Gasteiger partial charge in [-0.3, -0.25) is 4.79 Å². The summed E-state index contributed by atoms with van der Waals surface area (Å²) in [6, 6.07) is 0. The zero-order valence-corrected chi connectivity index (χ0v) is 10.4. The lowest BCUT2D eigenvalue weighted by atomic mass is 9.88. The van der Waals surface area contributed by atoms with E-state index in [1.54, 1.807) is 6.20 Å². The molecule has 1 aromatic heterocycles. The van der Waals surface area contributed by atoms with Crippen LogP contribution in [0.1, 0.15) is 46.0 Å². The van der Waals surface area contributed by atoms with Crippen LogP contribution in [0.2, 0.25) is 0 Å². The molecule has 2 heterocycles. The molecule has 0 aliphatic carbocycles. The van der Waals surface area contributed by atoms with Crippen LogP contribution in [0.4, 0.5) is 5.82 Å². The van der Waals surface area contributed by atoms with Crippen LogP contribution in [-0.4, -0.2) is 15.9 Å². The van der Waals surface area contributed by atoms with Crippen molar-refractivity contribution in [1.29, 1.82) is 0 Å². The van der Waals surface area contributed by atoms with Crippen molar-refractivity contribution in [3.05, 3.63) is 17.6 Å². The molecule has 16 heavy (non-hydrogen) atoms. The minimum atomic E-state index is -0.522. The Bertz CT molecular complexity index is 458. The Balaban J connectivity index is 2.53. The highest BCUT2D eigenvalue weighted by atomic mass is 16.2. The summed E-state index contributed by atoms with van der Waals surface area (Å²) in [5.41, 5.74) is 0.253. The molecule has 4 heteroatoms. The Hall–Kier alpha value is -1.45. The predicted molar refractivity (Wildman–Crippen MR) is 62.4 cm³/mol. The number of fused-ring (bicyclic) bond motifs is 1. The Morgan fingerprint density at radius 3 is 2.50 bits per heavy atom. The number of rotatable bonds is 0. The number of nitrogens with zero attached hydrogens (tertiary/aromatic N) is 2.